The molecule has 0 saturated carbocycles. The van der Waals surface area contributed by atoms with Crippen LogP contribution >= 0.6 is 23.4 Å². The fourth-order valence-corrected chi connectivity index (χ4v) is 5.04. The molecule has 0 fully saturated rings. The molecule has 0 spiro atoms. The molecule has 0 saturated heterocycles. The Labute approximate surface area is 217 Å². The van der Waals surface area contributed by atoms with Gasteiger partial charge in [0, 0.05) is 10.6 Å². The number of aryl methyl sites for hydroxylation is 3. The fraction of sp³-hybridized carbons (Fsp3) is 0.231. The number of hydrogen-bond donors (Lipinski definition) is 0. The lowest BCUT2D eigenvalue weighted by Crippen LogP contribution is -2.11. The van der Waals surface area contributed by atoms with E-state index in [0.717, 1.165) is 16.8 Å². The van der Waals surface area contributed by atoms with Crippen molar-refractivity contribution in [1.29, 1.82) is 0 Å². The molecular weight excluding hydrogens is 503 g/mol. The lowest BCUT2D eigenvalue weighted by molar-refractivity contribution is -0.479. The number of ether oxygens (including phenoxy) is 1. The zero-order valence-electron chi connectivity index (χ0n) is 19.9. The van der Waals surface area contributed by atoms with Gasteiger partial charge in [-0.1, -0.05) is 47.6 Å². The van der Waals surface area contributed by atoms with E-state index >= 15 is 0 Å². The van der Waals surface area contributed by atoms with Gasteiger partial charge in [-0.2, -0.15) is 0 Å². The van der Waals surface area contributed by atoms with E-state index in [0.29, 0.717) is 27.3 Å². The van der Waals surface area contributed by atoms with Crippen molar-refractivity contribution in [3.8, 4) is 11.4 Å². The summed E-state index contributed by atoms with van der Waals surface area (Å²) >= 11 is 7.73. The van der Waals surface area contributed by atoms with Crippen molar-refractivity contribution >= 4 is 23.4 Å². The quantitative estimate of drug-likeness (QED) is 0.137. The van der Waals surface area contributed by atoms with Crippen LogP contribution in [0.25, 0.3) is 5.69 Å². The summed E-state index contributed by atoms with van der Waals surface area (Å²) in [5, 5.41) is 20.3. The normalized spacial score (nSPS) is 11.9. The lowest BCUT2D eigenvalue weighted by atomic mass is 10.1. The zero-order valence-corrected chi connectivity index (χ0v) is 21.5. The van der Waals surface area contributed by atoms with Crippen LogP contribution in [0.2, 0.25) is 5.02 Å². The first kappa shape index (κ1) is 25.7. The van der Waals surface area contributed by atoms with Crippen LogP contribution < -0.4 is 4.74 Å². The molecule has 0 radical (unpaired) electrons. The molecule has 36 heavy (non-hydrogen) atoms. The van der Waals surface area contributed by atoms with Crippen LogP contribution in [-0.4, -0.2) is 26.2 Å². The molecule has 7 nitrogen and oxygen atoms in total. The highest BCUT2D eigenvalue weighted by Crippen LogP contribution is 2.39. The first-order chi connectivity index (χ1) is 17.2. The van der Waals surface area contributed by atoms with E-state index in [1.807, 2.05) is 43.5 Å². The maximum Gasteiger partial charge on any atom is 0.220 e. The number of hydrogen-bond acceptors (Lipinski definition) is 6. The Morgan fingerprint density at radius 3 is 2.47 bits per heavy atom. The van der Waals surface area contributed by atoms with Crippen LogP contribution in [0.3, 0.4) is 0 Å². The van der Waals surface area contributed by atoms with E-state index in [1.165, 1.54) is 29.5 Å². The Balaban J connectivity index is 1.58. The SMILES string of the molecule is Cc1ccc(-n2c(C)nnc2S[C@H](C[N+](=O)[O-])c2ccc(OCc3ccc(F)cc3)c(Cl)c2)cc1C. The molecule has 0 aliphatic heterocycles. The van der Waals surface area contributed by atoms with E-state index in [1.54, 1.807) is 30.3 Å². The second-order valence-corrected chi connectivity index (χ2v) is 9.94. The van der Waals surface area contributed by atoms with Gasteiger partial charge in [0.1, 0.15) is 29.2 Å². The number of halogens is 2. The number of benzene rings is 3. The summed E-state index contributed by atoms with van der Waals surface area (Å²) in [6.07, 6.45) is 0. The van der Waals surface area contributed by atoms with Crippen molar-refractivity contribution in [2.24, 2.45) is 0 Å². The summed E-state index contributed by atoms with van der Waals surface area (Å²) in [6.45, 7) is 5.81. The minimum absolute atomic E-state index is 0.213. The molecule has 1 atom stereocenters. The predicted molar refractivity (Wildman–Crippen MR) is 138 cm³/mol. The molecule has 0 unspecified atom stereocenters. The Morgan fingerprint density at radius 1 is 1.06 bits per heavy atom. The van der Waals surface area contributed by atoms with Crippen LogP contribution in [0, 0.1) is 36.7 Å². The smallest absolute Gasteiger partial charge is 0.220 e. The van der Waals surface area contributed by atoms with Crippen molar-refractivity contribution in [1.82, 2.24) is 14.8 Å². The molecule has 1 aromatic heterocycles. The van der Waals surface area contributed by atoms with Crippen LogP contribution in [0.1, 0.15) is 33.3 Å². The summed E-state index contributed by atoms with van der Waals surface area (Å²) in [5.74, 6) is 0.797. The van der Waals surface area contributed by atoms with E-state index in [2.05, 4.69) is 10.2 Å². The molecule has 0 aliphatic carbocycles. The molecule has 0 bridgehead atoms. The molecule has 4 aromatic rings. The van der Waals surface area contributed by atoms with Gasteiger partial charge in [-0.3, -0.25) is 14.7 Å². The van der Waals surface area contributed by atoms with Gasteiger partial charge in [0.2, 0.25) is 6.54 Å². The third-order valence-corrected chi connectivity index (χ3v) is 7.22. The van der Waals surface area contributed by atoms with Crippen molar-refractivity contribution in [2.45, 2.75) is 37.8 Å². The molecule has 0 amide bonds. The van der Waals surface area contributed by atoms with E-state index in [-0.39, 0.29) is 23.9 Å². The first-order valence-corrected chi connectivity index (χ1v) is 12.4. The number of rotatable bonds is 9. The minimum atomic E-state index is -0.558. The van der Waals surface area contributed by atoms with Gasteiger partial charge < -0.3 is 4.74 Å². The summed E-state index contributed by atoms with van der Waals surface area (Å²) in [7, 11) is 0. The van der Waals surface area contributed by atoms with Gasteiger partial charge in [0.25, 0.3) is 0 Å². The minimum Gasteiger partial charge on any atom is -0.487 e. The molecule has 10 heteroatoms. The van der Waals surface area contributed by atoms with Crippen LogP contribution in [0.5, 0.6) is 5.75 Å². The number of nitrogens with zero attached hydrogens (tertiary/aromatic N) is 4. The Morgan fingerprint density at radius 2 is 1.81 bits per heavy atom. The lowest BCUT2D eigenvalue weighted by Gasteiger charge is -2.16. The van der Waals surface area contributed by atoms with Gasteiger partial charge in [-0.25, -0.2) is 4.39 Å². The molecule has 4 rings (SSSR count). The third-order valence-electron chi connectivity index (χ3n) is 5.74. The molecule has 186 valence electrons. The van der Waals surface area contributed by atoms with Gasteiger partial charge >= 0.3 is 0 Å². The highest BCUT2D eigenvalue weighted by molar-refractivity contribution is 7.99. The summed E-state index contributed by atoms with van der Waals surface area (Å²) < 4.78 is 20.8. The summed E-state index contributed by atoms with van der Waals surface area (Å²) in [5.41, 5.74) is 4.65. The number of nitro groups is 1. The second kappa shape index (κ2) is 11.1. The number of thioether (sulfide) groups is 1. The predicted octanol–water partition coefficient (Wildman–Crippen LogP) is 6.67. The summed E-state index contributed by atoms with van der Waals surface area (Å²) in [6, 6.07) is 17.2. The van der Waals surface area contributed by atoms with Crippen molar-refractivity contribution in [2.75, 3.05) is 6.54 Å². The third kappa shape index (κ3) is 6.03. The maximum atomic E-state index is 13.1. The van der Waals surface area contributed by atoms with E-state index < -0.39 is 5.25 Å². The van der Waals surface area contributed by atoms with Gasteiger partial charge in [-0.15, -0.1) is 10.2 Å². The monoisotopic (exact) mass is 526 g/mol. The van der Waals surface area contributed by atoms with Gasteiger partial charge in [0.05, 0.1) is 5.02 Å². The standard InChI is InChI=1S/C26H24ClFN4O3S/c1-16-4-10-22(12-17(16)2)32-18(3)29-30-26(32)36-25(14-31(33)34)20-7-11-24(23(27)13-20)35-15-19-5-8-21(28)9-6-19/h4-13,25H,14-15H2,1-3H3/t25-/m1/s1. The molecule has 1 heterocycles. The average Bonchev–Trinajstić information content (AvgIpc) is 3.20. The Hall–Kier alpha value is -3.43. The largest absolute Gasteiger partial charge is 0.487 e. The van der Waals surface area contributed by atoms with Crippen molar-refractivity contribution in [3.63, 3.8) is 0 Å². The molecule has 3 aromatic carbocycles. The van der Waals surface area contributed by atoms with Crippen LogP contribution in [-0.2, 0) is 6.61 Å². The highest BCUT2D eigenvalue weighted by Gasteiger charge is 2.25. The maximum absolute atomic E-state index is 13.1. The first-order valence-electron chi connectivity index (χ1n) is 11.2. The number of aromatic nitrogens is 3. The van der Waals surface area contributed by atoms with Crippen LogP contribution in [0.4, 0.5) is 4.39 Å². The van der Waals surface area contributed by atoms with Crippen molar-refractivity contribution in [3.05, 3.63) is 110 Å². The Bertz CT molecular complexity index is 1390. The van der Waals surface area contributed by atoms with E-state index in [9.17, 15) is 14.5 Å². The highest BCUT2D eigenvalue weighted by atomic mass is 35.5. The Kier molecular flexibility index (Phi) is 7.91. The second-order valence-electron chi connectivity index (χ2n) is 8.36. The summed E-state index contributed by atoms with van der Waals surface area (Å²) in [4.78, 5) is 11.2. The van der Waals surface area contributed by atoms with Gasteiger partial charge in [0.15, 0.2) is 5.16 Å². The zero-order chi connectivity index (χ0) is 25.8. The average molecular weight is 527 g/mol. The molecular formula is C26H24ClFN4O3S. The van der Waals surface area contributed by atoms with E-state index in [4.69, 9.17) is 16.3 Å². The van der Waals surface area contributed by atoms with Gasteiger partial charge in [-0.05, 0) is 79.4 Å². The fourth-order valence-electron chi connectivity index (χ4n) is 3.63. The van der Waals surface area contributed by atoms with Crippen LogP contribution in [0.15, 0.2) is 65.8 Å². The van der Waals surface area contributed by atoms with Crippen molar-refractivity contribution < 1.29 is 14.1 Å². The molecule has 0 N–H and O–H groups in total. The topological polar surface area (TPSA) is 83.1 Å². The molecule has 0 aliphatic rings.